The molecule has 1 aliphatic rings. The molecule has 1 aliphatic carbocycles. The Kier molecular flexibility index (Phi) is 4.65. The number of rotatable bonds is 2. The van der Waals surface area contributed by atoms with Crippen molar-refractivity contribution < 1.29 is 5.11 Å². The molecule has 0 aromatic carbocycles. The van der Waals surface area contributed by atoms with Gasteiger partial charge in [-0.25, -0.2) is 4.98 Å². The summed E-state index contributed by atoms with van der Waals surface area (Å²) in [5.74, 6) is 0.750. The highest BCUT2D eigenvalue weighted by Gasteiger charge is 2.22. The lowest BCUT2D eigenvalue weighted by Gasteiger charge is -2.22. The first-order chi connectivity index (χ1) is 8.16. The lowest BCUT2D eigenvalue weighted by molar-refractivity contribution is 0.144. The van der Waals surface area contributed by atoms with Crippen LogP contribution >= 0.6 is 27.5 Å². The van der Waals surface area contributed by atoms with E-state index < -0.39 is 0 Å². The molecule has 0 aliphatic heterocycles. The van der Waals surface area contributed by atoms with E-state index in [4.69, 9.17) is 11.6 Å². The van der Waals surface area contributed by atoms with Crippen LogP contribution in [0.5, 0.6) is 0 Å². The summed E-state index contributed by atoms with van der Waals surface area (Å²) in [6, 6.07) is 1.89. The number of halogens is 2. The Hall–Kier alpha value is -0.320. The Morgan fingerprint density at radius 2 is 2.12 bits per heavy atom. The second-order valence-electron chi connectivity index (χ2n) is 4.44. The van der Waals surface area contributed by atoms with Crippen LogP contribution in [-0.2, 0) is 0 Å². The number of aromatic nitrogens is 1. The summed E-state index contributed by atoms with van der Waals surface area (Å²) >= 11 is 9.27. The van der Waals surface area contributed by atoms with Gasteiger partial charge in [0.2, 0.25) is 0 Å². The third-order valence-corrected chi connectivity index (χ3v) is 3.92. The largest absolute Gasteiger partial charge is 0.391 e. The van der Waals surface area contributed by atoms with Crippen LogP contribution in [0.2, 0.25) is 5.02 Å². The minimum absolute atomic E-state index is 0.0856. The average Bonchev–Trinajstić information content (AvgIpc) is 2.48. The topological polar surface area (TPSA) is 45.1 Å². The van der Waals surface area contributed by atoms with Gasteiger partial charge in [0.1, 0.15) is 5.82 Å². The molecule has 3 nitrogen and oxygen atoms in total. The second-order valence-corrected chi connectivity index (χ2v) is 5.73. The zero-order valence-corrected chi connectivity index (χ0v) is 11.8. The van der Waals surface area contributed by atoms with Gasteiger partial charge in [-0.1, -0.05) is 30.9 Å². The fraction of sp³-hybridized carbons (Fsp3) is 0.583. The second kappa shape index (κ2) is 6.03. The average molecular weight is 320 g/mol. The first-order valence-electron chi connectivity index (χ1n) is 5.92. The highest BCUT2D eigenvalue weighted by molar-refractivity contribution is 9.10. The van der Waals surface area contributed by atoms with E-state index in [0.717, 1.165) is 36.0 Å². The first-order valence-corrected chi connectivity index (χ1v) is 7.09. The van der Waals surface area contributed by atoms with Crippen molar-refractivity contribution in [1.82, 2.24) is 4.98 Å². The lowest BCUT2D eigenvalue weighted by atomic mass is 10.1. The molecule has 2 unspecified atom stereocenters. The van der Waals surface area contributed by atoms with E-state index in [-0.39, 0.29) is 12.1 Å². The van der Waals surface area contributed by atoms with Crippen LogP contribution in [0.4, 0.5) is 5.82 Å². The number of pyridine rings is 1. The molecule has 2 N–H and O–H groups in total. The van der Waals surface area contributed by atoms with Crippen molar-refractivity contribution >= 4 is 33.3 Å². The van der Waals surface area contributed by atoms with Crippen molar-refractivity contribution in [2.45, 2.75) is 44.2 Å². The van der Waals surface area contributed by atoms with E-state index in [9.17, 15) is 5.11 Å². The van der Waals surface area contributed by atoms with Gasteiger partial charge in [-0.15, -0.1) is 0 Å². The molecule has 0 spiro atoms. The number of nitrogens with one attached hydrogen (secondary N) is 1. The fourth-order valence-electron chi connectivity index (χ4n) is 2.15. The van der Waals surface area contributed by atoms with Crippen molar-refractivity contribution in [2.24, 2.45) is 0 Å². The highest BCUT2D eigenvalue weighted by atomic mass is 79.9. The van der Waals surface area contributed by atoms with Crippen LogP contribution in [0.3, 0.4) is 0 Å². The molecule has 1 saturated carbocycles. The predicted molar refractivity (Wildman–Crippen MR) is 73.4 cm³/mol. The summed E-state index contributed by atoms with van der Waals surface area (Å²) in [6.45, 7) is 0. The summed E-state index contributed by atoms with van der Waals surface area (Å²) in [4.78, 5) is 4.24. The highest BCUT2D eigenvalue weighted by Crippen LogP contribution is 2.27. The van der Waals surface area contributed by atoms with Gasteiger partial charge in [-0.3, -0.25) is 0 Å². The van der Waals surface area contributed by atoms with Gasteiger partial charge >= 0.3 is 0 Å². The Balaban J connectivity index is 2.08. The Morgan fingerprint density at radius 1 is 1.35 bits per heavy atom. The first kappa shape index (κ1) is 13.1. The van der Waals surface area contributed by atoms with Crippen molar-refractivity contribution in [3.8, 4) is 0 Å². The van der Waals surface area contributed by atoms with Gasteiger partial charge < -0.3 is 10.4 Å². The normalized spacial score (nSPS) is 25.4. The number of nitrogens with zero attached hydrogens (tertiary/aromatic N) is 1. The summed E-state index contributed by atoms with van der Waals surface area (Å²) < 4.78 is 0.835. The SMILES string of the molecule is OC1CCCCCC1Nc1ncc(Cl)cc1Br. The van der Waals surface area contributed by atoms with E-state index in [2.05, 4.69) is 26.2 Å². The maximum absolute atomic E-state index is 10.0. The third kappa shape index (κ3) is 3.57. The molecular formula is C12H16BrClN2O. The van der Waals surface area contributed by atoms with Crippen LogP contribution in [0.15, 0.2) is 16.7 Å². The Labute approximate surface area is 115 Å². The lowest BCUT2D eigenvalue weighted by Crippen LogP contribution is -2.32. The van der Waals surface area contributed by atoms with Crippen LogP contribution in [-0.4, -0.2) is 22.2 Å². The van der Waals surface area contributed by atoms with Crippen LogP contribution in [0, 0.1) is 0 Å². The quantitative estimate of drug-likeness (QED) is 0.819. The van der Waals surface area contributed by atoms with Crippen molar-refractivity contribution in [2.75, 3.05) is 5.32 Å². The summed E-state index contributed by atoms with van der Waals surface area (Å²) in [5, 5.41) is 13.9. The number of anilines is 1. The molecular weight excluding hydrogens is 304 g/mol. The maximum atomic E-state index is 10.0. The van der Waals surface area contributed by atoms with Crippen LogP contribution in [0.1, 0.15) is 32.1 Å². The van der Waals surface area contributed by atoms with Gasteiger partial charge in [-0.05, 0) is 34.8 Å². The summed E-state index contributed by atoms with van der Waals surface area (Å²) in [6.07, 6.45) is 6.62. The number of hydrogen-bond donors (Lipinski definition) is 2. The van der Waals surface area contributed by atoms with Gasteiger partial charge in [0.15, 0.2) is 0 Å². The maximum Gasteiger partial charge on any atom is 0.140 e. The van der Waals surface area contributed by atoms with Crippen LogP contribution < -0.4 is 5.32 Å². The zero-order valence-electron chi connectivity index (χ0n) is 9.50. The number of aliphatic hydroxyl groups excluding tert-OH is 1. The molecule has 2 rings (SSSR count). The van der Waals surface area contributed by atoms with Crippen LogP contribution in [0.25, 0.3) is 0 Å². The van der Waals surface area contributed by atoms with Crippen molar-refractivity contribution in [3.63, 3.8) is 0 Å². The molecule has 1 aromatic rings. The van der Waals surface area contributed by atoms with E-state index >= 15 is 0 Å². The molecule has 94 valence electrons. The zero-order chi connectivity index (χ0) is 12.3. The van der Waals surface area contributed by atoms with E-state index in [1.807, 2.05) is 0 Å². The predicted octanol–water partition coefficient (Wildman–Crippen LogP) is 3.60. The Morgan fingerprint density at radius 3 is 2.88 bits per heavy atom. The Bertz CT molecular complexity index is 389. The molecule has 1 aromatic heterocycles. The number of aliphatic hydroxyl groups is 1. The van der Waals surface area contributed by atoms with Crippen molar-refractivity contribution in [1.29, 1.82) is 0 Å². The molecule has 0 bridgehead atoms. The summed E-state index contributed by atoms with van der Waals surface area (Å²) in [7, 11) is 0. The standard InChI is InChI=1S/C12H16BrClN2O/c13-9-6-8(14)7-15-12(9)16-10-4-2-1-3-5-11(10)17/h6-7,10-11,17H,1-5H2,(H,15,16). The monoisotopic (exact) mass is 318 g/mol. The molecule has 0 amide bonds. The van der Waals surface area contributed by atoms with E-state index in [1.165, 1.54) is 6.42 Å². The molecule has 0 radical (unpaired) electrons. The van der Waals surface area contributed by atoms with Gasteiger partial charge in [0, 0.05) is 6.20 Å². The molecule has 1 fully saturated rings. The molecule has 5 heteroatoms. The minimum atomic E-state index is -0.290. The smallest absolute Gasteiger partial charge is 0.140 e. The molecule has 1 heterocycles. The summed E-state index contributed by atoms with van der Waals surface area (Å²) in [5.41, 5.74) is 0. The van der Waals surface area contributed by atoms with Crippen molar-refractivity contribution in [3.05, 3.63) is 21.8 Å². The third-order valence-electron chi connectivity index (χ3n) is 3.11. The molecule has 0 saturated heterocycles. The van der Waals surface area contributed by atoms with E-state index in [1.54, 1.807) is 12.3 Å². The molecule has 17 heavy (non-hydrogen) atoms. The molecule has 2 atom stereocenters. The van der Waals surface area contributed by atoms with Gasteiger partial charge in [0.25, 0.3) is 0 Å². The fourth-order valence-corrected chi connectivity index (χ4v) is 2.91. The number of hydrogen-bond acceptors (Lipinski definition) is 3. The van der Waals surface area contributed by atoms with Gasteiger partial charge in [-0.2, -0.15) is 0 Å². The minimum Gasteiger partial charge on any atom is -0.391 e. The van der Waals surface area contributed by atoms with E-state index in [0.29, 0.717) is 5.02 Å². The van der Waals surface area contributed by atoms with Gasteiger partial charge in [0.05, 0.1) is 21.6 Å².